The van der Waals surface area contributed by atoms with Crippen LogP contribution in [0.5, 0.6) is 0 Å². The zero-order valence-electron chi connectivity index (χ0n) is 12.5. The van der Waals surface area contributed by atoms with Gasteiger partial charge in [-0.05, 0) is 55.8 Å². The number of fused-ring (bicyclic) bond motifs is 1. The van der Waals surface area contributed by atoms with Gasteiger partial charge in [0.05, 0.1) is 0 Å². The van der Waals surface area contributed by atoms with Gasteiger partial charge in [-0.3, -0.25) is 4.90 Å². The molecule has 0 bridgehead atoms. The molecular formula is C18H24N2. The van der Waals surface area contributed by atoms with Crippen LogP contribution in [0.1, 0.15) is 31.4 Å². The highest BCUT2D eigenvalue weighted by Crippen LogP contribution is 2.24. The maximum Gasteiger partial charge on any atom is 0.0317 e. The summed E-state index contributed by atoms with van der Waals surface area (Å²) in [5.41, 5.74) is 1.41. The normalized spacial score (nSPS) is 20.6. The molecule has 2 nitrogen and oxygen atoms in total. The van der Waals surface area contributed by atoms with Crippen LogP contribution in [0.2, 0.25) is 0 Å². The summed E-state index contributed by atoms with van der Waals surface area (Å²) in [7, 11) is 2.24. The van der Waals surface area contributed by atoms with Crippen LogP contribution in [0.15, 0.2) is 42.5 Å². The summed E-state index contributed by atoms with van der Waals surface area (Å²) in [6, 6.07) is 16.6. The molecule has 2 unspecified atom stereocenters. The molecule has 0 aromatic heterocycles. The van der Waals surface area contributed by atoms with Crippen LogP contribution in [-0.2, 0) is 0 Å². The van der Waals surface area contributed by atoms with Crippen molar-refractivity contribution >= 4 is 10.8 Å². The first-order valence-corrected chi connectivity index (χ1v) is 7.66. The first-order valence-electron chi connectivity index (χ1n) is 7.66. The number of nitrogens with zero attached hydrogens (tertiary/aromatic N) is 1. The smallest absolute Gasteiger partial charge is 0.0317 e. The predicted octanol–water partition coefficient (Wildman–Crippen LogP) is 3.58. The van der Waals surface area contributed by atoms with Crippen LogP contribution < -0.4 is 5.32 Å². The van der Waals surface area contributed by atoms with Crippen LogP contribution in [0.25, 0.3) is 10.8 Å². The fourth-order valence-corrected chi connectivity index (χ4v) is 3.14. The topological polar surface area (TPSA) is 15.3 Å². The van der Waals surface area contributed by atoms with Gasteiger partial charge >= 0.3 is 0 Å². The van der Waals surface area contributed by atoms with Gasteiger partial charge in [0.1, 0.15) is 0 Å². The van der Waals surface area contributed by atoms with Gasteiger partial charge in [-0.2, -0.15) is 0 Å². The number of hydrogen-bond donors (Lipinski definition) is 1. The predicted molar refractivity (Wildman–Crippen MR) is 86.0 cm³/mol. The minimum absolute atomic E-state index is 0.460. The van der Waals surface area contributed by atoms with Crippen LogP contribution in [0.4, 0.5) is 0 Å². The molecule has 1 heterocycles. The molecule has 0 spiro atoms. The Morgan fingerprint density at radius 1 is 1.20 bits per heavy atom. The van der Waals surface area contributed by atoms with E-state index >= 15 is 0 Å². The Kier molecular flexibility index (Phi) is 4.04. The Hall–Kier alpha value is -1.38. The van der Waals surface area contributed by atoms with E-state index in [9.17, 15) is 0 Å². The first kappa shape index (κ1) is 13.6. The molecule has 0 radical (unpaired) electrons. The first-order chi connectivity index (χ1) is 9.74. The molecule has 3 rings (SSSR count). The average molecular weight is 268 g/mol. The monoisotopic (exact) mass is 268 g/mol. The summed E-state index contributed by atoms with van der Waals surface area (Å²) >= 11 is 0. The fourth-order valence-electron chi connectivity index (χ4n) is 3.14. The van der Waals surface area contributed by atoms with Crippen molar-refractivity contribution in [2.45, 2.75) is 31.8 Å². The summed E-state index contributed by atoms with van der Waals surface area (Å²) in [5, 5.41) is 6.24. The maximum atomic E-state index is 3.58. The van der Waals surface area contributed by atoms with Gasteiger partial charge in [0.2, 0.25) is 0 Å². The lowest BCUT2D eigenvalue weighted by atomic mass is 10.0. The molecular weight excluding hydrogens is 244 g/mol. The van der Waals surface area contributed by atoms with Crippen molar-refractivity contribution < 1.29 is 0 Å². The van der Waals surface area contributed by atoms with Gasteiger partial charge in [-0.25, -0.2) is 0 Å². The largest absolute Gasteiger partial charge is 0.313 e. The SMILES string of the molecule is CC(c1ccc2ccccc2c1)N(C)CC1CCCN1. The second kappa shape index (κ2) is 5.94. The van der Waals surface area contributed by atoms with Gasteiger partial charge in [-0.15, -0.1) is 0 Å². The molecule has 0 amide bonds. The minimum atomic E-state index is 0.460. The Bertz CT molecular complexity index is 572. The molecule has 2 aromatic rings. The molecule has 2 aromatic carbocycles. The van der Waals surface area contributed by atoms with Gasteiger partial charge < -0.3 is 5.32 Å². The number of benzene rings is 2. The lowest BCUT2D eigenvalue weighted by Crippen LogP contribution is -2.36. The standard InChI is InChI=1S/C18H24N2/c1-14(20(2)13-18-8-5-11-19-18)16-10-9-15-6-3-4-7-17(15)12-16/h3-4,6-7,9-10,12,14,18-19H,5,8,11,13H2,1-2H3. The van der Waals surface area contributed by atoms with Gasteiger partial charge in [0.25, 0.3) is 0 Å². The molecule has 1 fully saturated rings. The molecule has 0 saturated carbocycles. The number of likely N-dealkylation sites (N-methyl/N-ethyl adjacent to an activating group) is 1. The lowest BCUT2D eigenvalue weighted by molar-refractivity contribution is 0.238. The molecule has 2 atom stereocenters. The van der Waals surface area contributed by atoms with Crippen molar-refractivity contribution in [2.24, 2.45) is 0 Å². The summed E-state index contributed by atoms with van der Waals surface area (Å²) < 4.78 is 0. The van der Waals surface area contributed by atoms with E-state index in [1.807, 2.05) is 0 Å². The van der Waals surface area contributed by atoms with Crippen molar-refractivity contribution in [2.75, 3.05) is 20.1 Å². The number of hydrogen-bond acceptors (Lipinski definition) is 2. The number of rotatable bonds is 4. The summed E-state index contributed by atoms with van der Waals surface area (Å²) in [4.78, 5) is 2.47. The Labute approximate surface area is 121 Å². The van der Waals surface area contributed by atoms with Gasteiger partial charge in [0, 0.05) is 18.6 Å². The van der Waals surface area contributed by atoms with Crippen molar-refractivity contribution in [1.82, 2.24) is 10.2 Å². The highest BCUT2D eigenvalue weighted by atomic mass is 15.2. The van der Waals surface area contributed by atoms with Crippen LogP contribution in [0.3, 0.4) is 0 Å². The third-order valence-electron chi connectivity index (χ3n) is 4.59. The summed E-state index contributed by atoms with van der Waals surface area (Å²) in [6.07, 6.45) is 2.64. The third kappa shape index (κ3) is 2.87. The molecule has 1 N–H and O–H groups in total. The average Bonchev–Trinajstić information content (AvgIpc) is 2.99. The molecule has 106 valence electrons. The van der Waals surface area contributed by atoms with E-state index < -0.39 is 0 Å². The second-order valence-corrected chi connectivity index (χ2v) is 6.02. The summed E-state index contributed by atoms with van der Waals surface area (Å²) in [5.74, 6) is 0. The van der Waals surface area contributed by atoms with Crippen molar-refractivity contribution in [3.8, 4) is 0 Å². The second-order valence-electron chi connectivity index (χ2n) is 6.02. The molecule has 0 aliphatic carbocycles. The highest BCUT2D eigenvalue weighted by Gasteiger charge is 2.19. The van der Waals surface area contributed by atoms with E-state index in [-0.39, 0.29) is 0 Å². The van der Waals surface area contributed by atoms with E-state index in [2.05, 4.69) is 66.7 Å². The molecule has 20 heavy (non-hydrogen) atoms. The quantitative estimate of drug-likeness (QED) is 0.911. The van der Waals surface area contributed by atoms with E-state index in [0.29, 0.717) is 12.1 Å². The van der Waals surface area contributed by atoms with Crippen LogP contribution in [0, 0.1) is 0 Å². The Morgan fingerprint density at radius 2 is 2.00 bits per heavy atom. The zero-order chi connectivity index (χ0) is 13.9. The molecule has 1 aliphatic rings. The van der Waals surface area contributed by atoms with E-state index in [4.69, 9.17) is 0 Å². The summed E-state index contributed by atoms with van der Waals surface area (Å²) in [6.45, 7) is 4.62. The zero-order valence-corrected chi connectivity index (χ0v) is 12.5. The van der Waals surface area contributed by atoms with E-state index in [1.165, 1.54) is 35.7 Å². The van der Waals surface area contributed by atoms with Crippen molar-refractivity contribution in [1.29, 1.82) is 0 Å². The highest BCUT2D eigenvalue weighted by molar-refractivity contribution is 5.83. The van der Waals surface area contributed by atoms with Crippen molar-refractivity contribution in [3.63, 3.8) is 0 Å². The van der Waals surface area contributed by atoms with Crippen LogP contribution >= 0.6 is 0 Å². The van der Waals surface area contributed by atoms with E-state index in [0.717, 1.165) is 6.54 Å². The minimum Gasteiger partial charge on any atom is -0.313 e. The lowest BCUT2D eigenvalue weighted by Gasteiger charge is -2.28. The molecule has 1 saturated heterocycles. The van der Waals surface area contributed by atoms with Crippen LogP contribution in [-0.4, -0.2) is 31.1 Å². The van der Waals surface area contributed by atoms with Gasteiger partial charge in [0.15, 0.2) is 0 Å². The molecule has 1 aliphatic heterocycles. The van der Waals surface area contributed by atoms with Gasteiger partial charge in [-0.1, -0.05) is 36.4 Å². The fraction of sp³-hybridized carbons (Fsp3) is 0.444. The third-order valence-corrected chi connectivity index (χ3v) is 4.59. The maximum absolute atomic E-state index is 3.58. The Balaban J connectivity index is 1.75. The van der Waals surface area contributed by atoms with Crippen molar-refractivity contribution in [3.05, 3.63) is 48.0 Å². The number of nitrogens with one attached hydrogen (secondary N) is 1. The Morgan fingerprint density at radius 3 is 2.75 bits per heavy atom. The van der Waals surface area contributed by atoms with E-state index in [1.54, 1.807) is 0 Å². The molecule has 2 heteroatoms.